The SMILES string of the molecule is CC(C)C(=O)Cn1ncccc1=O. The van der Waals surface area contributed by atoms with E-state index in [1.807, 2.05) is 0 Å². The van der Waals surface area contributed by atoms with Gasteiger partial charge >= 0.3 is 0 Å². The van der Waals surface area contributed by atoms with Crippen LogP contribution in [-0.4, -0.2) is 15.6 Å². The lowest BCUT2D eigenvalue weighted by Gasteiger charge is -2.04. The number of rotatable bonds is 3. The number of aromatic nitrogens is 2. The highest BCUT2D eigenvalue weighted by molar-refractivity contribution is 5.79. The van der Waals surface area contributed by atoms with Crippen molar-refractivity contribution < 1.29 is 4.79 Å². The molecule has 1 aromatic heterocycles. The molecule has 70 valence electrons. The van der Waals surface area contributed by atoms with Crippen LogP contribution < -0.4 is 5.56 Å². The van der Waals surface area contributed by atoms with Crippen LogP contribution in [0.5, 0.6) is 0 Å². The van der Waals surface area contributed by atoms with E-state index in [0.717, 1.165) is 0 Å². The third-order valence-corrected chi connectivity index (χ3v) is 1.73. The molecule has 0 aliphatic carbocycles. The van der Waals surface area contributed by atoms with Crippen LogP contribution in [0.3, 0.4) is 0 Å². The molecule has 0 saturated carbocycles. The standard InChI is InChI=1S/C9H12N2O2/c1-7(2)8(12)6-11-9(13)4-3-5-10-11/h3-5,7H,6H2,1-2H3. The molecule has 0 N–H and O–H groups in total. The maximum Gasteiger partial charge on any atom is 0.267 e. The summed E-state index contributed by atoms with van der Waals surface area (Å²) in [7, 11) is 0. The van der Waals surface area contributed by atoms with Gasteiger partial charge in [0.2, 0.25) is 0 Å². The first-order valence-corrected chi connectivity index (χ1v) is 4.16. The number of nitrogens with zero attached hydrogens (tertiary/aromatic N) is 2. The molecule has 0 radical (unpaired) electrons. The fourth-order valence-electron chi connectivity index (χ4n) is 0.836. The van der Waals surface area contributed by atoms with E-state index in [1.54, 1.807) is 19.9 Å². The van der Waals surface area contributed by atoms with Crippen LogP contribution in [0, 0.1) is 5.92 Å². The van der Waals surface area contributed by atoms with Gasteiger partial charge in [0, 0.05) is 18.2 Å². The monoisotopic (exact) mass is 180 g/mol. The van der Waals surface area contributed by atoms with Crippen LogP contribution in [0.4, 0.5) is 0 Å². The normalized spacial score (nSPS) is 10.4. The molecular weight excluding hydrogens is 168 g/mol. The smallest absolute Gasteiger partial charge is 0.267 e. The summed E-state index contributed by atoms with van der Waals surface area (Å²) in [6.45, 7) is 3.67. The van der Waals surface area contributed by atoms with Crippen molar-refractivity contribution in [1.82, 2.24) is 9.78 Å². The quantitative estimate of drug-likeness (QED) is 0.679. The number of hydrogen-bond acceptors (Lipinski definition) is 3. The van der Waals surface area contributed by atoms with Gasteiger partial charge in [0.25, 0.3) is 5.56 Å². The molecule has 0 aromatic carbocycles. The average Bonchev–Trinajstić information content (AvgIpc) is 2.08. The molecule has 0 fully saturated rings. The van der Waals surface area contributed by atoms with Gasteiger partial charge in [0.1, 0.15) is 6.54 Å². The van der Waals surface area contributed by atoms with Gasteiger partial charge in [0.15, 0.2) is 5.78 Å². The summed E-state index contributed by atoms with van der Waals surface area (Å²) < 4.78 is 1.17. The first kappa shape index (κ1) is 9.64. The Labute approximate surface area is 76.2 Å². The predicted octanol–water partition coefficient (Wildman–Crippen LogP) is 0.468. The first-order valence-electron chi connectivity index (χ1n) is 4.16. The van der Waals surface area contributed by atoms with Gasteiger partial charge < -0.3 is 0 Å². The molecule has 13 heavy (non-hydrogen) atoms. The maximum absolute atomic E-state index is 11.3. The highest BCUT2D eigenvalue weighted by atomic mass is 16.1. The van der Waals surface area contributed by atoms with Crippen LogP contribution in [0.25, 0.3) is 0 Å². The van der Waals surface area contributed by atoms with Crippen LogP contribution in [0.1, 0.15) is 13.8 Å². The number of carbonyl (C=O) groups excluding carboxylic acids is 1. The molecule has 1 aromatic rings. The van der Waals surface area contributed by atoms with Crippen molar-refractivity contribution in [3.05, 3.63) is 28.7 Å². The Morgan fingerprint density at radius 1 is 1.62 bits per heavy atom. The van der Waals surface area contributed by atoms with Crippen molar-refractivity contribution in [2.75, 3.05) is 0 Å². The molecule has 0 saturated heterocycles. The fourth-order valence-corrected chi connectivity index (χ4v) is 0.836. The van der Waals surface area contributed by atoms with Crippen molar-refractivity contribution in [1.29, 1.82) is 0 Å². The third kappa shape index (κ3) is 2.50. The van der Waals surface area contributed by atoms with Gasteiger partial charge in [-0.25, -0.2) is 4.68 Å². The number of hydrogen-bond donors (Lipinski definition) is 0. The minimum absolute atomic E-state index is 0.0146. The van der Waals surface area contributed by atoms with Crippen molar-refractivity contribution >= 4 is 5.78 Å². The molecule has 0 spiro atoms. The summed E-state index contributed by atoms with van der Waals surface area (Å²) in [5.41, 5.74) is -0.239. The van der Waals surface area contributed by atoms with Crippen LogP contribution in [0.2, 0.25) is 0 Å². The van der Waals surface area contributed by atoms with Crippen molar-refractivity contribution in [3.8, 4) is 0 Å². The largest absolute Gasteiger partial charge is 0.297 e. The summed E-state index contributed by atoms with van der Waals surface area (Å²) in [5, 5.41) is 3.78. The van der Waals surface area contributed by atoms with Crippen LogP contribution in [0.15, 0.2) is 23.1 Å². The first-order chi connectivity index (χ1) is 6.11. The predicted molar refractivity (Wildman–Crippen MR) is 48.3 cm³/mol. The maximum atomic E-state index is 11.3. The molecule has 0 atom stereocenters. The Morgan fingerprint density at radius 2 is 2.31 bits per heavy atom. The molecule has 0 aliphatic rings. The van der Waals surface area contributed by atoms with Gasteiger partial charge in [-0.05, 0) is 6.07 Å². The van der Waals surface area contributed by atoms with E-state index in [4.69, 9.17) is 0 Å². The van der Waals surface area contributed by atoms with E-state index in [0.29, 0.717) is 0 Å². The highest BCUT2D eigenvalue weighted by Gasteiger charge is 2.08. The van der Waals surface area contributed by atoms with Gasteiger partial charge in [-0.1, -0.05) is 13.8 Å². The van der Waals surface area contributed by atoms with E-state index in [9.17, 15) is 9.59 Å². The molecular formula is C9H12N2O2. The van der Waals surface area contributed by atoms with Gasteiger partial charge in [-0.2, -0.15) is 5.10 Å². The number of carbonyl (C=O) groups is 1. The van der Waals surface area contributed by atoms with Gasteiger partial charge in [-0.15, -0.1) is 0 Å². The zero-order valence-electron chi connectivity index (χ0n) is 7.73. The lowest BCUT2D eigenvalue weighted by Crippen LogP contribution is -2.27. The van der Waals surface area contributed by atoms with E-state index in [-0.39, 0.29) is 23.8 Å². The molecule has 4 heteroatoms. The van der Waals surface area contributed by atoms with E-state index in [1.165, 1.54) is 16.9 Å². The lowest BCUT2D eigenvalue weighted by molar-refractivity contribution is -0.122. The summed E-state index contributed by atoms with van der Waals surface area (Å²) in [6.07, 6.45) is 1.50. The summed E-state index contributed by atoms with van der Waals surface area (Å²) in [4.78, 5) is 22.4. The number of Topliss-reactive ketones (excluding diaryl/α,β-unsaturated/α-hetero) is 1. The van der Waals surface area contributed by atoms with E-state index >= 15 is 0 Å². The molecule has 1 heterocycles. The topological polar surface area (TPSA) is 52.0 Å². The lowest BCUT2D eigenvalue weighted by atomic mass is 10.1. The second-order valence-electron chi connectivity index (χ2n) is 3.14. The Kier molecular flexibility index (Phi) is 2.95. The van der Waals surface area contributed by atoms with Gasteiger partial charge in [0.05, 0.1) is 0 Å². The van der Waals surface area contributed by atoms with Crippen molar-refractivity contribution in [2.45, 2.75) is 20.4 Å². The molecule has 4 nitrogen and oxygen atoms in total. The van der Waals surface area contributed by atoms with Crippen LogP contribution >= 0.6 is 0 Å². The summed E-state index contributed by atoms with van der Waals surface area (Å²) in [5.74, 6) is -0.0466. The fraction of sp³-hybridized carbons (Fsp3) is 0.444. The van der Waals surface area contributed by atoms with Gasteiger partial charge in [-0.3, -0.25) is 9.59 Å². The zero-order valence-corrected chi connectivity index (χ0v) is 7.73. The molecule has 1 rings (SSSR count). The minimum atomic E-state index is -0.239. The van der Waals surface area contributed by atoms with E-state index in [2.05, 4.69) is 5.10 Å². The Balaban J connectivity index is 2.81. The molecule has 0 unspecified atom stereocenters. The Hall–Kier alpha value is -1.45. The van der Waals surface area contributed by atoms with Crippen molar-refractivity contribution in [2.24, 2.45) is 5.92 Å². The third-order valence-electron chi connectivity index (χ3n) is 1.73. The summed E-state index contributed by atoms with van der Waals surface area (Å²) >= 11 is 0. The molecule has 0 amide bonds. The Morgan fingerprint density at radius 3 is 2.85 bits per heavy atom. The molecule has 0 bridgehead atoms. The second kappa shape index (κ2) is 3.98. The average molecular weight is 180 g/mol. The number of ketones is 1. The molecule has 0 aliphatic heterocycles. The zero-order chi connectivity index (χ0) is 9.84. The van der Waals surface area contributed by atoms with Crippen molar-refractivity contribution in [3.63, 3.8) is 0 Å². The Bertz CT molecular complexity index is 355. The van der Waals surface area contributed by atoms with Crippen LogP contribution in [-0.2, 0) is 11.3 Å². The second-order valence-corrected chi connectivity index (χ2v) is 3.14. The summed E-state index contributed by atoms with van der Waals surface area (Å²) in [6, 6.07) is 2.94. The highest BCUT2D eigenvalue weighted by Crippen LogP contribution is 1.94. The van der Waals surface area contributed by atoms with E-state index < -0.39 is 0 Å². The minimum Gasteiger partial charge on any atom is -0.297 e.